The summed E-state index contributed by atoms with van der Waals surface area (Å²) in [5.41, 5.74) is 1.00. The van der Waals surface area contributed by atoms with Crippen LogP contribution in [0.25, 0.3) is 0 Å². The maximum Gasteiger partial charge on any atom is 0.326 e. The Morgan fingerprint density at radius 1 is 1.20 bits per heavy atom. The van der Waals surface area contributed by atoms with Crippen LogP contribution in [0, 0.1) is 6.43 Å². The zero-order chi connectivity index (χ0) is 28.2. The second-order valence-corrected chi connectivity index (χ2v) is 9.77. The number of hydrogen-bond donors (Lipinski definition) is 3. The fraction of sp³-hybridized carbons (Fsp3) is 0.556. The average Bonchev–Trinajstić information content (AvgIpc) is 2.92. The van der Waals surface area contributed by atoms with Crippen LogP contribution in [-0.4, -0.2) is 82.0 Å². The maximum absolute atomic E-state index is 13.2. The number of nitrogens with zero attached hydrogens (tertiary/aromatic N) is 4. The molecule has 2 aromatic heterocycles. The van der Waals surface area contributed by atoms with E-state index in [0.29, 0.717) is 26.2 Å². The molecular weight excluding hydrogens is 689 g/mol. The molecule has 218 valence electrons. The van der Waals surface area contributed by atoms with Crippen LogP contribution in [0.2, 0.25) is 0 Å². The monoisotopic (exact) mass is 727 g/mol. The number of halogens is 2. The average molecular weight is 726 g/mol. The van der Waals surface area contributed by atoms with Gasteiger partial charge >= 0.3 is 5.97 Å². The third-order valence-electron chi connectivity index (χ3n) is 6.44. The Kier molecular flexibility index (Phi) is 14.6. The first kappa shape index (κ1) is 33.7. The minimum absolute atomic E-state index is 0. The number of unbranched alkanes of at least 4 members (excludes halogenated alkanes) is 1. The van der Waals surface area contributed by atoms with Crippen molar-refractivity contribution in [1.82, 2.24) is 25.4 Å². The SMILES string of the molecule is CC(C)OCCN(CCCCc1ccc2c(n1)NCCC2)CC[C@H](NC(=O)c1nnccc1[C-](F)F)C(=O)O.[Hf]. The predicted molar refractivity (Wildman–Crippen MR) is 142 cm³/mol. The molecule has 1 aliphatic rings. The first-order valence-electron chi connectivity index (χ1n) is 13.3. The van der Waals surface area contributed by atoms with Gasteiger partial charge in [-0.25, -0.2) is 14.9 Å². The summed E-state index contributed by atoms with van der Waals surface area (Å²) in [5.74, 6) is -1.29. The minimum atomic E-state index is -2.10. The van der Waals surface area contributed by atoms with E-state index < -0.39 is 35.6 Å². The van der Waals surface area contributed by atoms with Gasteiger partial charge in [-0.05, 0) is 76.7 Å². The topological polar surface area (TPSA) is 130 Å². The number of carbonyl (C=O) groups excluding carboxylic acids is 1. The maximum atomic E-state index is 13.2. The Bertz CT molecular complexity index is 1090. The van der Waals surface area contributed by atoms with Gasteiger partial charge in [0.05, 0.1) is 18.4 Å². The summed E-state index contributed by atoms with van der Waals surface area (Å²) in [5, 5.41) is 22.3. The zero-order valence-corrected chi connectivity index (χ0v) is 26.6. The van der Waals surface area contributed by atoms with Crippen molar-refractivity contribution >= 4 is 17.7 Å². The van der Waals surface area contributed by atoms with E-state index in [9.17, 15) is 23.5 Å². The third-order valence-corrected chi connectivity index (χ3v) is 6.44. The molecule has 10 nitrogen and oxygen atoms in total. The smallest absolute Gasteiger partial charge is 0.326 e. The zero-order valence-electron chi connectivity index (χ0n) is 23.0. The van der Waals surface area contributed by atoms with Gasteiger partial charge in [0, 0.05) is 51.2 Å². The molecule has 0 aliphatic carbocycles. The van der Waals surface area contributed by atoms with Crippen molar-refractivity contribution in [3.05, 3.63) is 53.3 Å². The number of rotatable bonds is 16. The molecule has 1 aliphatic heterocycles. The van der Waals surface area contributed by atoms with Crippen molar-refractivity contribution in [3.8, 4) is 0 Å². The molecule has 1 atom stereocenters. The van der Waals surface area contributed by atoms with Gasteiger partial charge in [-0.2, -0.15) is 5.10 Å². The van der Waals surface area contributed by atoms with Crippen LogP contribution in [-0.2, 0) is 48.2 Å². The number of nitrogens with one attached hydrogen (secondary N) is 2. The Balaban J connectivity index is 0.00000560. The van der Waals surface area contributed by atoms with Crippen molar-refractivity contribution in [1.29, 1.82) is 0 Å². The molecule has 0 saturated heterocycles. The second kappa shape index (κ2) is 17.3. The molecule has 13 heteroatoms. The van der Waals surface area contributed by atoms with Crippen LogP contribution in [0.4, 0.5) is 14.6 Å². The van der Waals surface area contributed by atoms with Gasteiger partial charge in [0.25, 0.3) is 0 Å². The number of aromatic nitrogens is 3. The number of aryl methyl sites for hydroxylation is 2. The van der Waals surface area contributed by atoms with Crippen molar-refractivity contribution in [2.75, 3.05) is 38.1 Å². The van der Waals surface area contributed by atoms with E-state index in [4.69, 9.17) is 9.72 Å². The van der Waals surface area contributed by atoms with E-state index in [1.165, 1.54) is 5.56 Å². The van der Waals surface area contributed by atoms with E-state index in [1.54, 1.807) is 0 Å². The summed E-state index contributed by atoms with van der Waals surface area (Å²) in [7, 11) is 0. The second-order valence-electron chi connectivity index (χ2n) is 9.77. The first-order chi connectivity index (χ1) is 18.7. The Morgan fingerprint density at radius 2 is 2.00 bits per heavy atom. The molecule has 3 N–H and O–H groups in total. The summed E-state index contributed by atoms with van der Waals surface area (Å²) < 4.78 is 32.0. The van der Waals surface area contributed by atoms with Crippen LogP contribution >= 0.6 is 0 Å². The number of amides is 1. The van der Waals surface area contributed by atoms with Crippen LogP contribution in [0.1, 0.15) is 66.8 Å². The normalized spacial score (nSPS) is 13.2. The van der Waals surface area contributed by atoms with Gasteiger partial charge in [0.15, 0.2) is 6.43 Å². The molecule has 3 rings (SSSR count). The van der Waals surface area contributed by atoms with Crippen molar-refractivity contribution in [3.63, 3.8) is 0 Å². The molecule has 0 bridgehead atoms. The summed E-state index contributed by atoms with van der Waals surface area (Å²) in [6, 6.07) is 3.90. The van der Waals surface area contributed by atoms with Gasteiger partial charge < -0.3 is 25.4 Å². The quantitative estimate of drug-likeness (QED) is 0.136. The van der Waals surface area contributed by atoms with E-state index in [-0.39, 0.29) is 38.4 Å². The molecule has 0 fully saturated rings. The van der Waals surface area contributed by atoms with Crippen LogP contribution < -0.4 is 10.6 Å². The third kappa shape index (κ3) is 10.8. The fourth-order valence-corrected chi connectivity index (χ4v) is 4.35. The Labute approximate surface area is 252 Å². The van der Waals surface area contributed by atoms with Crippen molar-refractivity contribution in [2.45, 2.75) is 64.5 Å². The first-order valence-corrected chi connectivity index (χ1v) is 13.3. The summed E-state index contributed by atoms with van der Waals surface area (Å²) in [4.78, 5) is 31.2. The number of pyridine rings is 1. The summed E-state index contributed by atoms with van der Waals surface area (Å²) >= 11 is 0. The molecule has 40 heavy (non-hydrogen) atoms. The van der Waals surface area contributed by atoms with Crippen LogP contribution in [0.15, 0.2) is 24.4 Å². The molecule has 2 aromatic rings. The Hall–Kier alpha value is -2.51. The molecule has 0 aromatic carbocycles. The molecule has 0 spiro atoms. The number of ether oxygens (including phenoxy) is 1. The largest absolute Gasteiger partial charge is 0.480 e. The summed E-state index contributed by atoms with van der Waals surface area (Å²) in [6.07, 6.45) is 3.87. The van der Waals surface area contributed by atoms with Crippen molar-refractivity contribution in [2.24, 2.45) is 0 Å². The molecule has 0 unspecified atom stereocenters. The number of anilines is 1. The molecule has 0 saturated carbocycles. The fourth-order valence-electron chi connectivity index (χ4n) is 4.35. The van der Waals surface area contributed by atoms with Gasteiger partial charge in [-0.1, -0.05) is 11.6 Å². The van der Waals surface area contributed by atoms with Gasteiger partial charge in [-0.15, -0.1) is 6.07 Å². The van der Waals surface area contributed by atoms with Crippen LogP contribution in [0.3, 0.4) is 0 Å². The van der Waals surface area contributed by atoms with E-state index >= 15 is 0 Å². The van der Waals surface area contributed by atoms with E-state index in [0.717, 1.165) is 62.4 Å². The van der Waals surface area contributed by atoms with Crippen molar-refractivity contribution < 1.29 is 54.1 Å². The molecule has 0 radical (unpaired) electrons. The standard InChI is InChI=1S/C27H37F2N6O4.Hf/c1-18(2)39-17-16-35(14-4-3-7-20-9-8-19-6-5-12-30-25(19)32-20)15-11-22(27(37)38)33-26(36)23-21(24(28)29)10-13-31-34-23;/h8-10,13,18,22H,3-7,11-12,14-17H2,1-2H3,(H,30,32)(H,33,36)(H,37,38);/q-1;/t22-;/m0./s1. The number of hydrogen-bond acceptors (Lipinski definition) is 8. The Morgan fingerprint density at radius 3 is 2.73 bits per heavy atom. The predicted octanol–water partition coefficient (Wildman–Crippen LogP) is 3.33. The van der Waals surface area contributed by atoms with Gasteiger partial charge in [0.1, 0.15) is 11.9 Å². The van der Waals surface area contributed by atoms with Gasteiger partial charge in [-0.3, -0.25) is 13.6 Å². The number of carboxylic acids is 1. The number of carbonyl (C=O) groups is 2. The van der Waals surface area contributed by atoms with Crippen LogP contribution in [0.5, 0.6) is 0 Å². The van der Waals surface area contributed by atoms with E-state index in [1.807, 2.05) is 13.8 Å². The molecular formula is C27H37F2HfN6O4-. The van der Waals surface area contributed by atoms with E-state index in [2.05, 4.69) is 37.9 Å². The number of aliphatic carboxylic acids is 1. The number of fused-ring (bicyclic) bond motifs is 1. The number of carboxylic acid groups (broad SMARTS) is 1. The minimum Gasteiger partial charge on any atom is -0.480 e. The molecule has 3 heterocycles. The molecule has 1 amide bonds. The van der Waals surface area contributed by atoms with Gasteiger partial charge in [0.2, 0.25) is 5.91 Å². The summed E-state index contributed by atoms with van der Waals surface area (Å²) in [6.45, 7) is 6.99.